The highest BCUT2D eigenvalue weighted by atomic mass is 31.0. The molecule has 2 aromatic carbocycles. The number of rotatable bonds is 9. The summed E-state index contributed by atoms with van der Waals surface area (Å²) in [5, 5.41) is 3.56. The molecule has 3 aromatic rings. The van der Waals surface area contributed by atoms with Gasteiger partial charge in [0, 0.05) is 41.3 Å². The Morgan fingerprint density at radius 3 is 2.53 bits per heavy atom. The number of ether oxygens (including phenoxy) is 1. The smallest absolute Gasteiger partial charge is 0.249 e. The molecule has 1 aliphatic rings. The Hall–Kier alpha value is -2.88. The first-order chi connectivity index (χ1) is 16.5. The molecule has 1 aliphatic heterocycles. The van der Waals surface area contributed by atoms with Gasteiger partial charge in [-0.05, 0) is 55.6 Å². The summed E-state index contributed by atoms with van der Waals surface area (Å²) in [5.41, 5.74) is 4.88. The molecule has 0 aliphatic carbocycles. The van der Waals surface area contributed by atoms with Crippen LogP contribution in [0.5, 0.6) is 5.75 Å². The van der Waals surface area contributed by atoms with Crippen molar-refractivity contribution in [3.63, 3.8) is 0 Å². The van der Waals surface area contributed by atoms with Crippen LogP contribution in [0.15, 0.2) is 78.1 Å². The second-order valence-electron chi connectivity index (χ2n) is 9.07. The summed E-state index contributed by atoms with van der Waals surface area (Å²) in [6, 6.07) is 22.6. The Labute approximate surface area is 204 Å². The highest BCUT2D eigenvalue weighted by Gasteiger charge is 2.36. The average molecular weight is 476 g/mol. The van der Waals surface area contributed by atoms with Gasteiger partial charge in [-0.2, -0.15) is 0 Å². The van der Waals surface area contributed by atoms with E-state index >= 15 is 0 Å². The van der Waals surface area contributed by atoms with E-state index in [0.29, 0.717) is 0 Å². The zero-order valence-electron chi connectivity index (χ0n) is 19.8. The number of piperidine rings is 1. The first kappa shape index (κ1) is 24.3. The Balaban J connectivity index is 1.43. The van der Waals surface area contributed by atoms with E-state index in [1.54, 1.807) is 13.2 Å². The van der Waals surface area contributed by atoms with E-state index in [0.717, 1.165) is 67.9 Å². The fourth-order valence-corrected chi connectivity index (χ4v) is 5.19. The van der Waals surface area contributed by atoms with Crippen LogP contribution in [-0.4, -0.2) is 43.2 Å². The molecule has 1 fully saturated rings. The van der Waals surface area contributed by atoms with Crippen molar-refractivity contribution in [2.24, 2.45) is 0 Å². The standard InChI is InChI=1S/C28H34N3O2P/c1-21(23-18-26(32)30-27(34)19-23)29-20-28(24-9-4-3-5-10-24)13-16-31(17-14-28)15-12-22-8-6-7-11-25(22)33-2/h3-11,18-19,29H,1,12-17,20,34H2,2H3,(H,30,32). The molecule has 0 spiro atoms. The molecule has 1 aromatic heterocycles. The molecule has 6 heteroatoms. The van der Waals surface area contributed by atoms with E-state index in [1.165, 1.54) is 11.1 Å². The Kier molecular flexibility index (Phi) is 7.87. The van der Waals surface area contributed by atoms with Crippen LogP contribution in [0, 0.1) is 0 Å². The van der Waals surface area contributed by atoms with Crippen LogP contribution < -0.4 is 21.0 Å². The summed E-state index contributed by atoms with van der Waals surface area (Å²) >= 11 is 0. The molecule has 178 valence electrons. The normalized spacial score (nSPS) is 15.6. The molecule has 0 bridgehead atoms. The Morgan fingerprint density at radius 2 is 1.82 bits per heavy atom. The lowest BCUT2D eigenvalue weighted by atomic mass is 9.72. The fourth-order valence-electron chi connectivity index (χ4n) is 4.87. The van der Waals surface area contributed by atoms with Gasteiger partial charge in [-0.25, -0.2) is 0 Å². The number of nitrogens with zero attached hydrogens (tertiary/aromatic N) is 1. The van der Waals surface area contributed by atoms with E-state index in [4.69, 9.17) is 4.74 Å². The van der Waals surface area contributed by atoms with Crippen molar-refractivity contribution in [1.82, 2.24) is 15.2 Å². The lowest BCUT2D eigenvalue weighted by Gasteiger charge is -2.43. The topological polar surface area (TPSA) is 57.4 Å². The first-order valence-electron chi connectivity index (χ1n) is 11.8. The number of methoxy groups -OCH3 is 1. The van der Waals surface area contributed by atoms with Crippen molar-refractivity contribution >= 4 is 20.4 Å². The van der Waals surface area contributed by atoms with Gasteiger partial charge in [0.25, 0.3) is 0 Å². The number of hydrogen-bond donors (Lipinski definition) is 2. The minimum absolute atomic E-state index is 0.0239. The molecule has 4 rings (SSSR count). The predicted molar refractivity (Wildman–Crippen MR) is 144 cm³/mol. The molecular formula is C28H34N3O2P. The minimum Gasteiger partial charge on any atom is -0.496 e. The van der Waals surface area contributed by atoms with Crippen molar-refractivity contribution in [3.8, 4) is 5.75 Å². The van der Waals surface area contributed by atoms with Crippen molar-refractivity contribution < 1.29 is 4.74 Å². The number of pyridine rings is 1. The van der Waals surface area contributed by atoms with Gasteiger partial charge >= 0.3 is 0 Å². The second-order valence-corrected chi connectivity index (χ2v) is 9.69. The lowest BCUT2D eigenvalue weighted by Crippen LogP contribution is -2.48. The maximum Gasteiger partial charge on any atom is 0.249 e. The van der Waals surface area contributed by atoms with Gasteiger partial charge in [-0.1, -0.05) is 64.3 Å². The zero-order chi connectivity index (χ0) is 24.0. The first-order valence-corrected chi connectivity index (χ1v) is 12.4. The number of para-hydroxylation sites is 1. The number of benzene rings is 2. The van der Waals surface area contributed by atoms with Crippen LogP contribution in [0.25, 0.3) is 5.70 Å². The number of likely N-dealkylation sites (tertiary alicyclic amines) is 1. The molecule has 2 N–H and O–H groups in total. The van der Waals surface area contributed by atoms with Crippen LogP contribution in [0.1, 0.15) is 29.5 Å². The predicted octanol–water partition coefficient (Wildman–Crippen LogP) is 3.72. The van der Waals surface area contributed by atoms with E-state index in [2.05, 4.69) is 73.5 Å². The fraction of sp³-hybridized carbons (Fsp3) is 0.321. The number of hydrogen-bond acceptors (Lipinski definition) is 4. The summed E-state index contributed by atoms with van der Waals surface area (Å²) in [4.78, 5) is 17.2. The van der Waals surface area contributed by atoms with Gasteiger partial charge in [0.15, 0.2) is 0 Å². The molecule has 2 heterocycles. The van der Waals surface area contributed by atoms with E-state index in [9.17, 15) is 4.79 Å². The van der Waals surface area contributed by atoms with Crippen LogP contribution in [0.2, 0.25) is 0 Å². The van der Waals surface area contributed by atoms with Gasteiger partial charge in [-0.3, -0.25) is 4.79 Å². The van der Waals surface area contributed by atoms with Gasteiger partial charge in [0.05, 0.1) is 7.11 Å². The van der Waals surface area contributed by atoms with Gasteiger partial charge in [-0.15, -0.1) is 0 Å². The highest BCUT2D eigenvalue weighted by molar-refractivity contribution is 7.26. The van der Waals surface area contributed by atoms with Crippen molar-refractivity contribution in [2.75, 3.05) is 33.3 Å². The monoisotopic (exact) mass is 475 g/mol. The maximum absolute atomic E-state index is 11.9. The molecule has 1 unspecified atom stereocenters. The molecule has 0 amide bonds. The summed E-state index contributed by atoms with van der Waals surface area (Å²) in [7, 11) is 4.28. The SMILES string of the molecule is C=C(NCC1(c2ccccc2)CCN(CCc2ccccc2OC)CC1)c1cc(P)[nH]c(=O)c1. The largest absolute Gasteiger partial charge is 0.496 e. The minimum atomic E-state index is -0.119. The zero-order valence-corrected chi connectivity index (χ0v) is 21.0. The average Bonchev–Trinajstić information content (AvgIpc) is 2.87. The molecule has 0 radical (unpaired) electrons. The highest BCUT2D eigenvalue weighted by Crippen LogP contribution is 2.35. The quantitative estimate of drug-likeness (QED) is 0.463. The van der Waals surface area contributed by atoms with Gasteiger partial charge < -0.3 is 19.9 Å². The second kappa shape index (κ2) is 11.0. The Morgan fingerprint density at radius 1 is 1.12 bits per heavy atom. The van der Waals surface area contributed by atoms with Gasteiger partial charge in [0.1, 0.15) is 5.75 Å². The van der Waals surface area contributed by atoms with Crippen LogP contribution in [0.4, 0.5) is 0 Å². The third kappa shape index (κ3) is 5.78. The molecular weight excluding hydrogens is 441 g/mol. The summed E-state index contributed by atoms with van der Waals surface area (Å²) in [6.07, 6.45) is 3.11. The maximum atomic E-state index is 11.9. The molecule has 5 nitrogen and oxygen atoms in total. The van der Waals surface area contributed by atoms with E-state index in [1.807, 2.05) is 18.2 Å². The van der Waals surface area contributed by atoms with Crippen LogP contribution in [0.3, 0.4) is 0 Å². The van der Waals surface area contributed by atoms with Crippen LogP contribution >= 0.6 is 9.24 Å². The molecule has 34 heavy (non-hydrogen) atoms. The molecule has 1 atom stereocenters. The van der Waals surface area contributed by atoms with Crippen molar-refractivity contribution in [2.45, 2.75) is 24.7 Å². The van der Waals surface area contributed by atoms with E-state index in [-0.39, 0.29) is 11.0 Å². The van der Waals surface area contributed by atoms with Crippen molar-refractivity contribution in [1.29, 1.82) is 0 Å². The lowest BCUT2D eigenvalue weighted by molar-refractivity contribution is 0.160. The summed E-state index contributed by atoms with van der Waals surface area (Å²) in [5.74, 6) is 0.967. The number of H-pyrrole nitrogens is 1. The van der Waals surface area contributed by atoms with Crippen LogP contribution in [-0.2, 0) is 11.8 Å². The molecule has 1 saturated heterocycles. The Bertz CT molecular complexity index is 1170. The third-order valence-corrected chi connectivity index (χ3v) is 7.25. The van der Waals surface area contributed by atoms with Crippen molar-refractivity contribution in [3.05, 3.63) is 100 Å². The summed E-state index contributed by atoms with van der Waals surface area (Å²) in [6.45, 7) is 8.11. The number of aromatic amines is 1. The summed E-state index contributed by atoms with van der Waals surface area (Å²) < 4.78 is 5.52. The third-order valence-electron chi connectivity index (χ3n) is 6.94. The van der Waals surface area contributed by atoms with E-state index < -0.39 is 0 Å². The number of nitrogens with one attached hydrogen (secondary N) is 2. The van der Waals surface area contributed by atoms with Gasteiger partial charge in [0.2, 0.25) is 5.56 Å². The number of aromatic nitrogens is 1. The molecule has 0 saturated carbocycles.